The van der Waals surface area contributed by atoms with E-state index in [2.05, 4.69) is 30.3 Å². The summed E-state index contributed by atoms with van der Waals surface area (Å²) in [7, 11) is 0. The first kappa shape index (κ1) is 27.9. The second-order valence-corrected chi connectivity index (χ2v) is 7.90. The molecule has 4 nitrogen and oxygen atoms in total. The molecule has 2 aliphatic carbocycles. The van der Waals surface area contributed by atoms with E-state index in [-0.39, 0.29) is 102 Å². The maximum absolute atomic E-state index is 12.7. The number of amides is 1. The van der Waals surface area contributed by atoms with E-state index in [0.717, 1.165) is 12.0 Å². The minimum Gasteiger partial charge on any atom is -0.494 e. The van der Waals surface area contributed by atoms with Crippen LogP contribution in [0.5, 0.6) is 0 Å². The number of anilines is 1. The summed E-state index contributed by atoms with van der Waals surface area (Å²) in [5, 5.41) is 0. The molecule has 0 aromatic heterocycles. The fraction of sp³-hybridized carbons (Fsp3) is 0.280. The SMILES string of the molecule is CC1=[C-]C(O/C=C2/C(=O)CC3Cc4ccccc4C23)N(c2c[c-]c(C)[c-]c2)C1=O.[U].[W].[Y]. The van der Waals surface area contributed by atoms with Crippen molar-refractivity contribution in [2.45, 2.75) is 38.8 Å². The average Bonchev–Trinajstić information content (AvgIpc) is 3.31. The number of hydrogen-bond acceptors (Lipinski definition) is 3. The number of benzene rings is 2. The summed E-state index contributed by atoms with van der Waals surface area (Å²) in [6, 6.07) is 17.9. The van der Waals surface area contributed by atoms with Gasteiger partial charge in [-0.05, 0) is 23.5 Å². The van der Waals surface area contributed by atoms with Crippen LogP contribution in [0.2, 0.25) is 0 Å². The van der Waals surface area contributed by atoms with Gasteiger partial charge >= 0.3 is 0 Å². The van der Waals surface area contributed by atoms with Crippen molar-refractivity contribution >= 4 is 17.4 Å². The average molecular weight is 893 g/mol. The molecule has 159 valence electrons. The first-order valence-electron chi connectivity index (χ1n) is 9.83. The van der Waals surface area contributed by atoms with Crippen LogP contribution in [0.4, 0.5) is 5.69 Å². The zero-order valence-electron chi connectivity index (χ0n) is 17.8. The minimum absolute atomic E-state index is 0. The summed E-state index contributed by atoms with van der Waals surface area (Å²) in [6.07, 6.45) is 5.40. The number of hydrogen-bond donors (Lipinski definition) is 0. The number of carbonyl (C=O) groups is 2. The second-order valence-electron chi connectivity index (χ2n) is 7.90. The van der Waals surface area contributed by atoms with E-state index < -0.39 is 6.23 Å². The van der Waals surface area contributed by atoms with Crippen molar-refractivity contribution in [2.75, 3.05) is 4.90 Å². The molecule has 0 N–H and O–H groups in total. The molecule has 0 saturated heterocycles. The summed E-state index contributed by atoms with van der Waals surface area (Å²) in [5.74, 6) is 0.345. The summed E-state index contributed by atoms with van der Waals surface area (Å²) in [5.41, 5.74) is 5.24. The zero-order valence-corrected chi connectivity index (χ0v) is 27.8. The number of carbonyl (C=O) groups excluding carboxylic acids is 2. The van der Waals surface area contributed by atoms with Crippen LogP contribution in [0.1, 0.15) is 36.0 Å². The van der Waals surface area contributed by atoms with Crippen LogP contribution in [-0.2, 0) is 74.5 Å². The summed E-state index contributed by atoms with van der Waals surface area (Å²) in [4.78, 5) is 26.8. The quantitative estimate of drug-likeness (QED) is 0.268. The van der Waals surface area contributed by atoms with E-state index >= 15 is 0 Å². The molecule has 5 rings (SSSR count). The largest absolute Gasteiger partial charge is 0.494 e. The Morgan fingerprint density at radius 3 is 2.50 bits per heavy atom. The molecule has 2 aromatic rings. The molecule has 0 spiro atoms. The number of aryl methyl sites for hydroxylation is 1. The summed E-state index contributed by atoms with van der Waals surface area (Å²) >= 11 is 0. The number of ether oxygens (including phenoxy) is 1. The Bertz CT molecular complexity index is 1080. The number of ketones is 1. The Balaban J connectivity index is 0.00000121. The molecule has 2 aromatic carbocycles. The van der Waals surface area contributed by atoms with Crippen LogP contribution < -0.4 is 4.90 Å². The van der Waals surface area contributed by atoms with Gasteiger partial charge in [-0.1, -0.05) is 38.1 Å². The van der Waals surface area contributed by atoms with Crippen molar-refractivity contribution < 1.29 is 99.2 Å². The molecule has 3 unspecified atom stereocenters. The molecule has 1 radical (unpaired) electrons. The van der Waals surface area contributed by atoms with E-state index in [0.29, 0.717) is 29.2 Å². The van der Waals surface area contributed by atoms with Crippen LogP contribution >= 0.6 is 0 Å². The first-order chi connectivity index (χ1) is 14.0. The number of Topliss-reactive ketones (excluding diaryl/α,β-unsaturated/α-hetero) is 1. The summed E-state index contributed by atoms with van der Waals surface area (Å²) < 4.78 is 5.98. The zero-order chi connectivity index (χ0) is 20.1. The van der Waals surface area contributed by atoms with Crippen LogP contribution in [0.15, 0.2) is 53.8 Å². The van der Waals surface area contributed by atoms with Crippen molar-refractivity contribution in [1.82, 2.24) is 0 Å². The third-order valence-corrected chi connectivity index (χ3v) is 6.04. The van der Waals surface area contributed by atoms with Crippen LogP contribution in [-0.4, -0.2) is 17.9 Å². The number of rotatable bonds is 3. The van der Waals surface area contributed by atoms with Gasteiger partial charge < -0.3 is 26.6 Å². The van der Waals surface area contributed by atoms with E-state index in [4.69, 9.17) is 4.74 Å². The molecule has 0 bridgehead atoms. The Kier molecular flexibility index (Phi) is 9.97. The van der Waals surface area contributed by atoms with Crippen LogP contribution in [0.3, 0.4) is 0 Å². The number of nitrogens with zero attached hydrogens (tertiary/aromatic N) is 1. The Hall–Kier alpha value is -0.296. The fourth-order valence-electron chi connectivity index (χ4n) is 4.63. The Morgan fingerprint density at radius 2 is 1.78 bits per heavy atom. The van der Waals surface area contributed by atoms with Crippen LogP contribution in [0, 0.1) is 62.2 Å². The Labute approximate surface area is 252 Å². The molecule has 32 heavy (non-hydrogen) atoms. The normalized spacial score (nSPS) is 24.2. The predicted molar refractivity (Wildman–Crippen MR) is 108 cm³/mol. The van der Waals surface area contributed by atoms with E-state index in [1.54, 1.807) is 25.3 Å². The molecule has 1 heterocycles. The predicted octanol–water partition coefficient (Wildman–Crippen LogP) is 3.84. The van der Waals surface area contributed by atoms with Crippen molar-refractivity contribution in [3.8, 4) is 0 Å². The van der Waals surface area contributed by atoms with E-state index in [1.165, 1.54) is 16.0 Å². The maximum atomic E-state index is 12.7. The van der Waals surface area contributed by atoms with Crippen molar-refractivity contribution in [1.29, 1.82) is 0 Å². The molecule has 7 heteroatoms. The monoisotopic (exact) mass is 893 g/mol. The standard InChI is InChI=1S/C25H20NO3.U.W.Y/c1-15-7-9-19(10-8-15)26-23(11-16(2)25(26)28)29-14-21-22(27)13-18-12-17-5-3-4-6-20(17)24(18)21;;;/h3-6,9-10,14,18,23-24H,12-13H2,1-2H3;;;/q-3;;;/b21-14-;;;. The molecular formula is C25H20NO3UWY-3. The van der Waals surface area contributed by atoms with Crippen molar-refractivity contribution in [2.24, 2.45) is 5.92 Å². The molecule has 1 saturated carbocycles. The van der Waals surface area contributed by atoms with Crippen molar-refractivity contribution in [3.63, 3.8) is 0 Å². The van der Waals surface area contributed by atoms with Crippen LogP contribution in [0.25, 0.3) is 0 Å². The van der Waals surface area contributed by atoms with Gasteiger partial charge in [0.1, 0.15) is 0 Å². The molecular weight excluding hydrogens is 873 g/mol. The molecule has 3 atom stereocenters. The molecule has 1 fully saturated rings. The van der Waals surface area contributed by atoms with Gasteiger partial charge in [0.15, 0.2) is 5.78 Å². The van der Waals surface area contributed by atoms with Gasteiger partial charge in [-0.3, -0.25) is 22.5 Å². The topological polar surface area (TPSA) is 46.6 Å². The van der Waals surface area contributed by atoms with Gasteiger partial charge in [-0.25, -0.2) is 11.8 Å². The second kappa shape index (κ2) is 11.4. The van der Waals surface area contributed by atoms with Gasteiger partial charge in [-0.2, -0.15) is 5.57 Å². The van der Waals surface area contributed by atoms with Crippen molar-refractivity contribution in [3.05, 3.63) is 88.7 Å². The van der Waals surface area contributed by atoms with Gasteiger partial charge in [0.25, 0.3) is 0 Å². The molecule has 1 amide bonds. The summed E-state index contributed by atoms with van der Waals surface area (Å²) in [6.45, 7) is 3.61. The maximum Gasteiger partial charge on any atom is 0.162 e. The van der Waals surface area contributed by atoms with E-state index in [9.17, 15) is 9.59 Å². The third-order valence-electron chi connectivity index (χ3n) is 6.04. The molecule has 3 aliphatic rings. The number of fused-ring (bicyclic) bond motifs is 3. The number of allylic oxidation sites excluding steroid dienone is 1. The fourth-order valence-corrected chi connectivity index (χ4v) is 4.63. The smallest absolute Gasteiger partial charge is 0.162 e. The van der Waals surface area contributed by atoms with E-state index in [1.807, 2.05) is 19.1 Å². The van der Waals surface area contributed by atoms with Gasteiger partial charge in [0, 0.05) is 103 Å². The van der Waals surface area contributed by atoms with Gasteiger partial charge in [-0.15, -0.1) is 0 Å². The third kappa shape index (κ3) is 5.04. The molecule has 1 aliphatic heterocycles. The van der Waals surface area contributed by atoms with Gasteiger partial charge in [0.05, 0.1) is 18.4 Å². The Morgan fingerprint density at radius 1 is 1.09 bits per heavy atom. The van der Waals surface area contributed by atoms with Gasteiger partial charge in [0.2, 0.25) is 0 Å². The first-order valence-corrected chi connectivity index (χ1v) is 9.83. The minimum atomic E-state index is -0.706.